The van der Waals surface area contributed by atoms with Gasteiger partial charge >= 0.3 is 0 Å². The van der Waals surface area contributed by atoms with Crippen molar-refractivity contribution in [3.8, 4) is 0 Å². The lowest BCUT2D eigenvalue weighted by Gasteiger charge is -2.06. The second-order valence-electron chi connectivity index (χ2n) is 3.78. The molecule has 0 aromatic heterocycles. The fourth-order valence-corrected chi connectivity index (χ4v) is 1.61. The zero-order valence-corrected chi connectivity index (χ0v) is 11.4. The molecule has 17 heavy (non-hydrogen) atoms. The Hall–Kier alpha value is -1.13. The highest BCUT2D eigenvalue weighted by Crippen LogP contribution is 2.11. The molecule has 0 aliphatic carbocycles. The van der Waals surface area contributed by atoms with E-state index >= 15 is 0 Å². The Labute approximate surface area is 110 Å². The molecule has 0 bridgehead atoms. The van der Waals surface area contributed by atoms with E-state index in [1.807, 2.05) is 19.1 Å². The van der Waals surface area contributed by atoms with E-state index in [1.165, 1.54) is 0 Å². The van der Waals surface area contributed by atoms with Crippen molar-refractivity contribution in [2.24, 2.45) is 0 Å². The summed E-state index contributed by atoms with van der Waals surface area (Å²) in [7, 11) is 0. The first-order valence-electron chi connectivity index (χ1n) is 5.35. The molecular formula is C13H16BrNO2. The van der Waals surface area contributed by atoms with Crippen LogP contribution in [0.1, 0.15) is 17.3 Å². The maximum Gasteiger partial charge on any atom is 0.251 e. The molecule has 1 rings (SSSR count). The number of hydrogen-bond donors (Lipinski definition) is 1. The number of rotatable bonds is 6. The maximum absolute atomic E-state index is 11.7. The van der Waals surface area contributed by atoms with Crippen molar-refractivity contribution >= 4 is 21.8 Å². The van der Waals surface area contributed by atoms with Gasteiger partial charge in [-0.25, -0.2) is 0 Å². The Balaban J connectivity index is 2.28. The molecule has 0 saturated carbocycles. The first-order valence-corrected chi connectivity index (χ1v) is 6.15. The second kappa shape index (κ2) is 7.25. The molecule has 0 aliphatic rings. The minimum Gasteiger partial charge on any atom is -0.375 e. The van der Waals surface area contributed by atoms with Gasteiger partial charge in [-0.3, -0.25) is 4.79 Å². The van der Waals surface area contributed by atoms with Gasteiger partial charge in [0.25, 0.3) is 5.91 Å². The van der Waals surface area contributed by atoms with E-state index < -0.39 is 0 Å². The average molecular weight is 298 g/mol. The molecule has 1 N–H and O–H groups in total. The lowest BCUT2D eigenvalue weighted by Crippen LogP contribution is -2.27. The zero-order valence-electron chi connectivity index (χ0n) is 9.83. The van der Waals surface area contributed by atoms with Crippen LogP contribution in [0.25, 0.3) is 0 Å². The third-order valence-corrected chi connectivity index (χ3v) is 2.46. The van der Waals surface area contributed by atoms with Crippen LogP contribution >= 0.6 is 15.9 Å². The van der Waals surface area contributed by atoms with Crippen LogP contribution in [0.4, 0.5) is 0 Å². The summed E-state index contributed by atoms with van der Waals surface area (Å²) in [5.41, 5.74) is 1.61. The summed E-state index contributed by atoms with van der Waals surface area (Å²) in [5, 5.41) is 2.79. The topological polar surface area (TPSA) is 38.3 Å². The largest absolute Gasteiger partial charge is 0.375 e. The zero-order chi connectivity index (χ0) is 12.7. The van der Waals surface area contributed by atoms with Crippen molar-refractivity contribution in [3.05, 3.63) is 46.5 Å². The standard InChI is InChI=1S/C13H16BrNO2/c1-10(2)9-17-7-6-15-13(16)11-4-3-5-12(14)8-11/h3-5,8H,1,6-7,9H2,2H3,(H,15,16). The first kappa shape index (κ1) is 13.9. The number of ether oxygens (including phenoxy) is 1. The molecule has 3 nitrogen and oxygen atoms in total. The summed E-state index contributed by atoms with van der Waals surface area (Å²) in [6.45, 7) is 7.16. The van der Waals surface area contributed by atoms with Crippen molar-refractivity contribution in [1.82, 2.24) is 5.32 Å². The van der Waals surface area contributed by atoms with Gasteiger partial charge in [-0.2, -0.15) is 0 Å². The fourth-order valence-electron chi connectivity index (χ4n) is 1.21. The van der Waals surface area contributed by atoms with Gasteiger partial charge in [-0.1, -0.05) is 34.1 Å². The van der Waals surface area contributed by atoms with Gasteiger partial charge in [0.1, 0.15) is 0 Å². The van der Waals surface area contributed by atoms with Gasteiger partial charge in [0.05, 0.1) is 13.2 Å². The summed E-state index contributed by atoms with van der Waals surface area (Å²) in [6, 6.07) is 7.27. The van der Waals surface area contributed by atoms with Crippen LogP contribution in [0, 0.1) is 0 Å². The number of carbonyl (C=O) groups excluding carboxylic acids is 1. The Morgan fingerprint density at radius 1 is 1.53 bits per heavy atom. The van der Waals surface area contributed by atoms with E-state index in [4.69, 9.17) is 4.74 Å². The molecule has 0 heterocycles. The highest BCUT2D eigenvalue weighted by Gasteiger charge is 2.04. The molecule has 0 aliphatic heterocycles. The molecule has 1 aromatic rings. The summed E-state index contributed by atoms with van der Waals surface area (Å²) >= 11 is 3.33. The molecule has 1 amide bonds. The van der Waals surface area contributed by atoms with Crippen LogP contribution in [0.15, 0.2) is 40.9 Å². The van der Waals surface area contributed by atoms with Crippen molar-refractivity contribution < 1.29 is 9.53 Å². The number of carbonyl (C=O) groups is 1. The van der Waals surface area contributed by atoms with Crippen LogP contribution < -0.4 is 5.32 Å². The number of amides is 1. The van der Waals surface area contributed by atoms with E-state index in [0.717, 1.165) is 10.0 Å². The van der Waals surface area contributed by atoms with E-state index in [2.05, 4.69) is 27.8 Å². The molecule has 0 spiro atoms. The van der Waals surface area contributed by atoms with Gasteiger partial charge < -0.3 is 10.1 Å². The summed E-state index contributed by atoms with van der Waals surface area (Å²) in [5.74, 6) is -0.0924. The van der Waals surface area contributed by atoms with Crippen molar-refractivity contribution in [1.29, 1.82) is 0 Å². The average Bonchev–Trinajstić information content (AvgIpc) is 2.28. The lowest BCUT2D eigenvalue weighted by atomic mass is 10.2. The Morgan fingerprint density at radius 2 is 2.29 bits per heavy atom. The van der Waals surface area contributed by atoms with Crippen molar-refractivity contribution in [2.75, 3.05) is 19.8 Å². The Bertz CT molecular complexity index is 404. The highest BCUT2D eigenvalue weighted by molar-refractivity contribution is 9.10. The summed E-state index contributed by atoms with van der Waals surface area (Å²) < 4.78 is 6.17. The molecule has 92 valence electrons. The number of nitrogens with one attached hydrogen (secondary N) is 1. The third kappa shape index (κ3) is 5.65. The van der Waals surface area contributed by atoms with Crippen LogP contribution in [0.3, 0.4) is 0 Å². The molecular weight excluding hydrogens is 282 g/mol. The van der Waals surface area contributed by atoms with Crippen LogP contribution in [-0.4, -0.2) is 25.7 Å². The van der Waals surface area contributed by atoms with Gasteiger partial charge in [0.2, 0.25) is 0 Å². The second-order valence-corrected chi connectivity index (χ2v) is 4.69. The predicted molar refractivity (Wildman–Crippen MR) is 72.1 cm³/mol. The Kier molecular flexibility index (Phi) is 5.94. The van der Waals surface area contributed by atoms with Crippen LogP contribution in [0.2, 0.25) is 0 Å². The van der Waals surface area contributed by atoms with Crippen LogP contribution in [0.5, 0.6) is 0 Å². The van der Waals surface area contributed by atoms with Crippen molar-refractivity contribution in [2.45, 2.75) is 6.92 Å². The smallest absolute Gasteiger partial charge is 0.251 e. The molecule has 4 heteroatoms. The first-order chi connectivity index (χ1) is 8.09. The molecule has 0 radical (unpaired) electrons. The maximum atomic E-state index is 11.7. The monoisotopic (exact) mass is 297 g/mol. The van der Waals surface area contributed by atoms with E-state index in [1.54, 1.807) is 12.1 Å². The van der Waals surface area contributed by atoms with E-state index in [9.17, 15) is 4.79 Å². The highest BCUT2D eigenvalue weighted by atomic mass is 79.9. The minimum atomic E-state index is -0.0924. The fraction of sp³-hybridized carbons (Fsp3) is 0.308. The Morgan fingerprint density at radius 3 is 2.94 bits per heavy atom. The van der Waals surface area contributed by atoms with Gasteiger partial charge in [-0.05, 0) is 25.1 Å². The third-order valence-electron chi connectivity index (χ3n) is 1.97. The van der Waals surface area contributed by atoms with Crippen LogP contribution in [-0.2, 0) is 4.74 Å². The van der Waals surface area contributed by atoms with Crippen molar-refractivity contribution in [3.63, 3.8) is 0 Å². The molecule has 0 atom stereocenters. The van der Waals surface area contributed by atoms with Gasteiger partial charge in [-0.15, -0.1) is 0 Å². The SMILES string of the molecule is C=C(C)COCCNC(=O)c1cccc(Br)c1. The number of halogens is 1. The quantitative estimate of drug-likeness (QED) is 0.648. The van der Waals surface area contributed by atoms with Gasteiger partial charge in [0, 0.05) is 16.6 Å². The molecule has 0 fully saturated rings. The predicted octanol–water partition coefficient (Wildman–Crippen LogP) is 2.77. The summed E-state index contributed by atoms with van der Waals surface area (Å²) in [4.78, 5) is 11.7. The molecule has 1 aromatic carbocycles. The molecule has 0 unspecified atom stereocenters. The normalized spacial score (nSPS) is 10.0. The van der Waals surface area contributed by atoms with Gasteiger partial charge in [0.15, 0.2) is 0 Å². The minimum absolute atomic E-state index is 0.0924. The number of hydrogen-bond acceptors (Lipinski definition) is 2. The lowest BCUT2D eigenvalue weighted by molar-refractivity contribution is 0.0926. The van der Waals surface area contributed by atoms with E-state index in [-0.39, 0.29) is 5.91 Å². The number of benzene rings is 1. The molecule has 0 saturated heterocycles. The van der Waals surface area contributed by atoms with E-state index in [0.29, 0.717) is 25.3 Å². The summed E-state index contributed by atoms with van der Waals surface area (Å²) in [6.07, 6.45) is 0.